The smallest absolute Gasteiger partial charge is 0.424 e. The molecule has 1 aromatic heterocycles. The number of anilines is 1. The van der Waals surface area contributed by atoms with Crippen LogP contribution in [0.2, 0.25) is 0 Å². The fourth-order valence-electron chi connectivity index (χ4n) is 1.71. The van der Waals surface area contributed by atoms with E-state index in [1.165, 1.54) is 43.3 Å². The highest BCUT2D eigenvalue weighted by Crippen LogP contribution is 2.32. The van der Waals surface area contributed by atoms with Crippen LogP contribution in [0.25, 0.3) is 0 Å². The first-order valence-electron chi connectivity index (χ1n) is 6.58. The SMILES string of the molecule is CN(C)c1cc(C(F)(F)F)nc(Oc2cccc(S(C)(=O)=O)c2)n1. The van der Waals surface area contributed by atoms with Crippen LogP contribution >= 0.6 is 0 Å². The van der Waals surface area contributed by atoms with Crippen molar-refractivity contribution in [2.24, 2.45) is 0 Å². The van der Waals surface area contributed by atoms with Gasteiger partial charge in [0.2, 0.25) is 0 Å². The quantitative estimate of drug-likeness (QED) is 0.834. The van der Waals surface area contributed by atoms with Gasteiger partial charge in [0, 0.05) is 26.4 Å². The maximum atomic E-state index is 12.9. The lowest BCUT2D eigenvalue weighted by Gasteiger charge is -2.15. The molecule has 0 radical (unpaired) electrons. The third-order valence-electron chi connectivity index (χ3n) is 2.88. The number of hydrogen-bond donors (Lipinski definition) is 0. The zero-order valence-electron chi connectivity index (χ0n) is 13.0. The van der Waals surface area contributed by atoms with Gasteiger partial charge in [-0.2, -0.15) is 23.1 Å². The molecule has 0 N–H and O–H groups in total. The van der Waals surface area contributed by atoms with Gasteiger partial charge in [0.15, 0.2) is 15.5 Å². The third-order valence-corrected chi connectivity index (χ3v) is 3.99. The van der Waals surface area contributed by atoms with E-state index in [2.05, 4.69) is 9.97 Å². The highest BCUT2D eigenvalue weighted by Gasteiger charge is 2.34. The predicted molar refractivity (Wildman–Crippen MR) is 81.0 cm³/mol. The summed E-state index contributed by atoms with van der Waals surface area (Å²) in [5.74, 6) is 0.0218. The molecule has 10 heteroatoms. The van der Waals surface area contributed by atoms with Gasteiger partial charge in [-0.15, -0.1) is 0 Å². The summed E-state index contributed by atoms with van der Waals surface area (Å²) in [6.07, 6.45) is -3.66. The highest BCUT2D eigenvalue weighted by atomic mass is 32.2. The predicted octanol–water partition coefficient (Wildman–Crippen LogP) is 2.76. The molecule has 0 aliphatic heterocycles. The minimum Gasteiger partial charge on any atom is -0.424 e. The van der Waals surface area contributed by atoms with E-state index in [4.69, 9.17) is 4.74 Å². The summed E-state index contributed by atoms with van der Waals surface area (Å²) in [7, 11) is -0.431. The molecule has 0 spiro atoms. The van der Waals surface area contributed by atoms with Crippen LogP contribution in [0.1, 0.15) is 5.69 Å². The summed E-state index contributed by atoms with van der Waals surface area (Å²) in [5, 5.41) is 0. The number of rotatable bonds is 4. The van der Waals surface area contributed by atoms with E-state index in [0.717, 1.165) is 12.3 Å². The van der Waals surface area contributed by atoms with Crippen LogP contribution in [0.5, 0.6) is 11.8 Å². The van der Waals surface area contributed by atoms with Crippen LogP contribution in [-0.4, -0.2) is 38.7 Å². The van der Waals surface area contributed by atoms with Gasteiger partial charge < -0.3 is 9.64 Å². The maximum Gasteiger partial charge on any atom is 0.433 e. The summed E-state index contributed by atoms with van der Waals surface area (Å²) in [5.41, 5.74) is -1.16. The van der Waals surface area contributed by atoms with Gasteiger partial charge in [-0.05, 0) is 18.2 Å². The molecule has 0 fully saturated rings. The first kappa shape index (κ1) is 18.0. The standard InChI is InChI=1S/C14H14F3N3O3S/c1-20(2)12-8-11(14(15,16)17)18-13(19-12)23-9-5-4-6-10(7-9)24(3,21)22/h4-8H,1-3H3. The Bertz CT molecular complexity index is 852. The molecule has 2 rings (SSSR count). The lowest BCUT2D eigenvalue weighted by molar-refractivity contribution is -0.141. The van der Waals surface area contributed by atoms with Gasteiger partial charge in [-0.3, -0.25) is 0 Å². The van der Waals surface area contributed by atoms with Crippen molar-refractivity contribution in [3.05, 3.63) is 36.0 Å². The van der Waals surface area contributed by atoms with Gasteiger partial charge in [-0.1, -0.05) is 6.07 Å². The Morgan fingerprint density at radius 1 is 1.12 bits per heavy atom. The minimum atomic E-state index is -4.67. The van der Waals surface area contributed by atoms with Crippen molar-refractivity contribution in [1.82, 2.24) is 9.97 Å². The summed E-state index contributed by atoms with van der Waals surface area (Å²) in [6, 6.07) is 5.60. The Balaban J connectivity index is 2.44. The second kappa shape index (κ2) is 6.27. The molecule has 0 bridgehead atoms. The number of benzene rings is 1. The lowest BCUT2D eigenvalue weighted by Crippen LogP contribution is -2.16. The monoisotopic (exact) mass is 361 g/mol. The Labute approximate surface area is 136 Å². The van der Waals surface area contributed by atoms with Crippen molar-refractivity contribution < 1.29 is 26.3 Å². The number of aromatic nitrogens is 2. The molecule has 0 atom stereocenters. The molecule has 0 unspecified atom stereocenters. The van der Waals surface area contributed by atoms with E-state index in [9.17, 15) is 21.6 Å². The number of halogens is 3. The van der Waals surface area contributed by atoms with E-state index in [-0.39, 0.29) is 16.5 Å². The summed E-state index contributed by atoms with van der Waals surface area (Å²) < 4.78 is 67.1. The molecule has 2 aromatic rings. The molecular weight excluding hydrogens is 347 g/mol. The van der Waals surface area contributed by atoms with Crippen LogP contribution in [0.4, 0.5) is 19.0 Å². The normalized spacial score (nSPS) is 12.1. The van der Waals surface area contributed by atoms with Gasteiger partial charge in [-0.25, -0.2) is 8.42 Å². The van der Waals surface area contributed by atoms with Crippen molar-refractivity contribution >= 4 is 15.7 Å². The topological polar surface area (TPSA) is 72.4 Å². The number of alkyl halides is 3. The largest absolute Gasteiger partial charge is 0.433 e. The second-order valence-electron chi connectivity index (χ2n) is 5.14. The average molecular weight is 361 g/mol. The average Bonchev–Trinajstić information content (AvgIpc) is 2.45. The minimum absolute atomic E-state index is 0.00610. The van der Waals surface area contributed by atoms with Crippen LogP contribution < -0.4 is 9.64 Å². The van der Waals surface area contributed by atoms with E-state index in [0.29, 0.717) is 0 Å². The fourth-order valence-corrected chi connectivity index (χ4v) is 2.36. The number of sulfone groups is 1. The van der Waals surface area contributed by atoms with Crippen molar-refractivity contribution in [2.45, 2.75) is 11.1 Å². The maximum absolute atomic E-state index is 12.9. The van der Waals surface area contributed by atoms with Crippen molar-refractivity contribution in [3.8, 4) is 11.8 Å². The van der Waals surface area contributed by atoms with Crippen LogP contribution in [0, 0.1) is 0 Å². The number of nitrogens with zero attached hydrogens (tertiary/aromatic N) is 3. The van der Waals surface area contributed by atoms with Crippen LogP contribution in [-0.2, 0) is 16.0 Å². The van der Waals surface area contributed by atoms with Gasteiger partial charge in [0.1, 0.15) is 11.6 Å². The van der Waals surface area contributed by atoms with E-state index in [1.807, 2.05) is 0 Å². The molecule has 130 valence electrons. The van der Waals surface area contributed by atoms with Crippen molar-refractivity contribution in [3.63, 3.8) is 0 Å². The Morgan fingerprint density at radius 3 is 2.33 bits per heavy atom. The summed E-state index contributed by atoms with van der Waals surface area (Å²) >= 11 is 0. The fraction of sp³-hybridized carbons (Fsp3) is 0.286. The van der Waals surface area contributed by atoms with Crippen molar-refractivity contribution in [2.75, 3.05) is 25.3 Å². The Kier molecular flexibility index (Phi) is 4.70. The molecule has 0 saturated heterocycles. The molecule has 24 heavy (non-hydrogen) atoms. The highest BCUT2D eigenvalue weighted by molar-refractivity contribution is 7.90. The Hall–Kier alpha value is -2.36. The van der Waals surface area contributed by atoms with Gasteiger partial charge in [0.05, 0.1) is 4.90 Å². The molecule has 6 nitrogen and oxygen atoms in total. The Morgan fingerprint density at radius 2 is 1.79 bits per heavy atom. The first-order valence-corrected chi connectivity index (χ1v) is 8.47. The molecule has 0 aliphatic carbocycles. The summed E-state index contributed by atoms with van der Waals surface area (Å²) in [6.45, 7) is 0. The zero-order chi connectivity index (χ0) is 18.1. The molecule has 0 amide bonds. The first-order chi connectivity index (χ1) is 11.0. The summed E-state index contributed by atoms with van der Waals surface area (Å²) in [4.78, 5) is 8.56. The zero-order valence-corrected chi connectivity index (χ0v) is 13.8. The van der Waals surface area contributed by atoms with Gasteiger partial charge >= 0.3 is 12.2 Å². The molecule has 1 heterocycles. The second-order valence-corrected chi connectivity index (χ2v) is 7.15. The van der Waals surface area contributed by atoms with E-state index in [1.54, 1.807) is 0 Å². The van der Waals surface area contributed by atoms with E-state index < -0.39 is 27.7 Å². The molecule has 1 aromatic carbocycles. The molecule has 0 saturated carbocycles. The number of hydrogen-bond acceptors (Lipinski definition) is 6. The van der Waals surface area contributed by atoms with Crippen LogP contribution in [0.3, 0.4) is 0 Å². The van der Waals surface area contributed by atoms with E-state index >= 15 is 0 Å². The van der Waals surface area contributed by atoms with Crippen LogP contribution in [0.15, 0.2) is 35.2 Å². The lowest BCUT2D eigenvalue weighted by atomic mass is 10.3. The molecular formula is C14H14F3N3O3S. The molecule has 0 aliphatic rings. The van der Waals surface area contributed by atoms with Gasteiger partial charge in [0.25, 0.3) is 0 Å². The van der Waals surface area contributed by atoms with Crippen molar-refractivity contribution in [1.29, 1.82) is 0 Å². The third kappa shape index (κ3) is 4.34. The number of ether oxygens (including phenoxy) is 1.